The molecule has 2 rings (SSSR count). The van der Waals surface area contributed by atoms with Crippen molar-refractivity contribution in [3.05, 3.63) is 34.3 Å². The molecule has 1 aromatic heterocycles. The first-order chi connectivity index (χ1) is 8.58. The van der Waals surface area contributed by atoms with E-state index in [1.807, 2.05) is 0 Å². The van der Waals surface area contributed by atoms with E-state index in [0.717, 1.165) is 10.2 Å². The fraction of sp³-hybridized carbons (Fsp3) is 0. The molecule has 18 heavy (non-hydrogen) atoms. The summed E-state index contributed by atoms with van der Waals surface area (Å²) in [6.45, 7) is 0. The molecular formula is C11H9BrN6. The maximum absolute atomic E-state index is 8.77. The monoisotopic (exact) mass is 304 g/mol. The van der Waals surface area contributed by atoms with Crippen LogP contribution < -0.4 is 16.8 Å². The summed E-state index contributed by atoms with van der Waals surface area (Å²) in [5.74, 6) is 0.877. The first kappa shape index (κ1) is 12.1. The van der Waals surface area contributed by atoms with Gasteiger partial charge in [-0.15, -0.1) is 0 Å². The van der Waals surface area contributed by atoms with Crippen molar-refractivity contribution in [1.82, 2.24) is 9.97 Å². The highest BCUT2D eigenvalue weighted by molar-refractivity contribution is 9.10. The number of nitriles is 1. The molecule has 2 aromatic rings. The second-order valence-corrected chi connectivity index (χ2v) is 4.32. The molecule has 0 saturated heterocycles. The van der Waals surface area contributed by atoms with Gasteiger partial charge >= 0.3 is 0 Å². The number of nitrogen functional groups attached to an aromatic ring is 2. The second kappa shape index (κ2) is 4.89. The van der Waals surface area contributed by atoms with E-state index in [1.165, 1.54) is 0 Å². The van der Waals surface area contributed by atoms with Crippen LogP contribution in [0.15, 0.2) is 28.7 Å². The quantitative estimate of drug-likeness (QED) is 0.782. The lowest BCUT2D eigenvalue weighted by Crippen LogP contribution is -2.03. The van der Waals surface area contributed by atoms with Gasteiger partial charge in [-0.3, -0.25) is 0 Å². The Hall–Kier alpha value is -2.33. The van der Waals surface area contributed by atoms with Crippen LogP contribution in [-0.2, 0) is 0 Å². The Kier molecular flexibility index (Phi) is 3.30. The smallest absolute Gasteiger partial charge is 0.223 e. The maximum atomic E-state index is 8.77. The van der Waals surface area contributed by atoms with Gasteiger partial charge in [-0.2, -0.15) is 15.2 Å². The number of rotatable bonds is 2. The van der Waals surface area contributed by atoms with Crippen LogP contribution in [0.2, 0.25) is 0 Å². The Morgan fingerprint density at radius 1 is 1.22 bits per heavy atom. The molecular weight excluding hydrogens is 296 g/mol. The second-order valence-electron chi connectivity index (χ2n) is 3.47. The number of hydrogen-bond acceptors (Lipinski definition) is 6. The maximum Gasteiger partial charge on any atom is 0.223 e. The van der Waals surface area contributed by atoms with E-state index in [2.05, 4.69) is 37.3 Å². The van der Waals surface area contributed by atoms with Crippen LogP contribution in [0.5, 0.6) is 0 Å². The summed E-state index contributed by atoms with van der Waals surface area (Å²) in [5, 5.41) is 11.8. The molecule has 6 nitrogen and oxygen atoms in total. The average Bonchev–Trinajstić information content (AvgIpc) is 2.30. The van der Waals surface area contributed by atoms with E-state index in [-0.39, 0.29) is 11.8 Å². The third kappa shape index (κ3) is 2.67. The van der Waals surface area contributed by atoms with Crippen molar-refractivity contribution >= 4 is 39.2 Å². The summed E-state index contributed by atoms with van der Waals surface area (Å²) < 4.78 is 0.748. The Morgan fingerprint density at radius 3 is 2.61 bits per heavy atom. The van der Waals surface area contributed by atoms with Crippen LogP contribution >= 0.6 is 15.9 Å². The third-order valence-corrected chi connectivity index (χ3v) is 2.78. The zero-order valence-corrected chi connectivity index (χ0v) is 10.8. The third-order valence-electron chi connectivity index (χ3n) is 2.12. The van der Waals surface area contributed by atoms with Crippen LogP contribution in [0.1, 0.15) is 5.56 Å². The van der Waals surface area contributed by atoms with Gasteiger partial charge < -0.3 is 16.8 Å². The largest absolute Gasteiger partial charge is 0.383 e. The lowest BCUT2D eigenvalue weighted by atomic mass is 10.2. The molecule has 0 unspecified atom stereocenters. The Morgan fingerprint density at radius 2 is 2.00 bits per heavy atom. The van der Waals surface area contributed by atoms with Gasteiger partial charge in [-0.05, 0) is 34.1 Å². The molecule has 90 valence electrons. The molecule has 0 fully saturated rings. The predicted molar refractivity (Wildman–Crippen MR) is 73.0 cm³/mol. The van der Waals surface area contributed by atoms with E-state index in [0.29, 0.717) is 11.4 Å². The van der Waals surface area contributed by atoms with Crippen molar-refractivity contribution < 1.29 is 0 Å². The van der Waals surface area contributed by atoms with Gasteiger partial charge in [-0.25, -0.2) is 0 Å². The number of nitrogens with two attached hydrogens (primary N) is 2. The van der Waals surface area contributed by atoms with Crippen LogP contribution in [0, 0.1) is 11.3 Å². The summed E-state index contributed by atoms with van der Waals surface area (Å²) in [4.78, 5) is 7.78. The van der Waals surface area contributed by atoms with Crippen molar-refractivity contribution in [2.75, 3.05) is 16.8 Å². The van der Waals surface area contributed by atoms with Crippen molar-refractivity contribution in [3.63, 3.8) is 0 Å². The Balaban J connectivity index is 2.31. The number of anilines is 4. The minimum atomic E-state index is 0.0993. The highest BCUT2D eigenvalue weighted by atomic mass is 79.9. The first-order valence-corrected chi connectivity index (χ1v) is 5.74. The van der Waals surface area contributed by atoms with Crippen LogP contribution in [0.25, 0.3) is 0 Å². The first-order valence-electron chi connectivity index (χ1n) is 4.95. The summed E-state index contributed by atoms with van der Waals surface area (Å²) in [5.41, 5.74) is 12.4. The SMILES string of the molecule is N#Cc1ccc(Nc2cc(N)nc(N)n2)c(Br)c1. The fourth-order valence-electron chi connectivity index (χ4n) is 1.37. The highest BCUT2D eigenvalue weighted by Gasteiger charge is 2.04. The molecule has 0 saturated carbocycles. The van der Waals surface area contributed by atoms with Gasteiger partial charge in [0, 0.05) is 10.5 Å². The summed E-state index contributed by atoms with van der Waals surface area (Å²) in [6, 6.07) is 8.79. The minimum Gasteiger partial charge on any atom is -0.383 e. The Labute approximate surface area is 112 Å². The zero-order valence-electron chi connectivity index (χ0n) is 9.18. The van der Waals surface area contributed by atoms with E-state index < -0.39 is 0 Å². The van der Waals surface area contributed by atoms with Gasteiger partial charge in [0.15, 0.2) is 0 Å². The van der Waals surface area contributed by atoms with Gasteiger partial charge in [0.05, 0.1) is 17.3 Å². The van der Waals surface area contributed by atoms with Crippen molar-refractivity contribution in [3.8, 4) is 6.07 Å². The van der Waals surface area contributed by atoms with Gasteiger partial charge in [0.25, 0.3) is 0 Å². The normalized spacial score (nSPS) is 9.78. The molecule has 7 heteroatoms. The standard InChI is InChI=1S/C11H9BrN6/c12-7-3-6(5-13)1-2-8(7)16-10-4-9(14)17-11(15)18-10/h1-4H,(H5,14,15,16,17,18). The lowest BCUT2D eigenvalue weighted by molar-refractivity contribution is 1.19. The van der Waals surface area contributed by atoms with Crippen molar-refractivity contribution in [1.29, 1.82) is 5.26 Å². The molecule has 0 bridgehead atoms. The molecule has 0 aliphatic heterocycles. The van der Waals surface area contributed by atoms with Gasteiger partial charge in [0.2, 0.25) is 5.95 Å². The Bertz CT molecular complexity index is 614. The fourth-order valence-corrected chi connectivity index (χ4v) is 1.85. The molecule has 1 aromatic carbocycles. The number of nitrogens with one attached hydrogen (secondary N) is 1. The molecule has 0 atom stereocenters. The zero-order chi connectivity index (χ0) is 13.1. The van der Waals surface area contributed by atoms with Gasteiger partial charge in [-0.1, -0.05) is 0 Å². The summed E-state index contributed by atoms with van der Waals surface area (Å²) in [7, 11) is 0. The predicted octanol–water partition coefficient (Wildman–Crippen LogP) is 2.02. The number of halogens is 1. The number of hydrogen-bond donors (Lipinski definition) is 3. The van der Waals surface area contributed by atoms with Crippen LogP contribution in [0.4, 0.5) is 23.3 Å². The molecule has 0 aliphatic rings. The molecule has 0 amide bonds. The van der Waals surface area contributed by atoms with E-state index in [9.17, 15) is 0 Å². The van der Waals surface area contributed by atoms with E-state index >= 15 is 0 Å². The average molecular weight is 305 g/mol. The molecule has 0 spiro atoms. The number of benzene rings is 1. The summed E-state index contributed by atoms with van der Waals surface area (Å²) >= 11 is 3.36. The van der Waals surface area contributed by atoms with E-state index in [4.69, 9.17) is 16.7 Å². The molecule has 1 heterocycles. The van der Waals surface area contributed by atoms with Crippen LogP contribution in [-0.4, -0.2) is 9.97 Å². The highest BCUT2D eigenvalue weighted by Crippen LogP contribution is 2.26. The van der Waals surface area contributed by atoms with Gasteiger partial charge in [0.1, 0.15) is 11.6 Å². The summed E-state index contributed by atoms with van der Waals surface area (Å²) in [6.07, 6.45) is 0. The number of nitrogens with zero attached hydrogens (tertiary/aromatic N) is 3. The molecule has 0 radical (unpaired) electrons. The molecule has 5 N–H and O–H groups in total. The van der Waals surface area contributed by atoms with Crippen molar-refractivity contribution in [2.45, 2.75) is 0 Å². The topological polar surface area (TPSA) is 114 Å². The lowest BCUT2D eigenvalue weighted by Gasteiger charge is -2.08. The minimum absolute atomic E-state index is 0.0993. The number of aromatic nitrogens is 2. The van der Waals surface area contributed by atoms with Crippen LogP contribution in [0.3, 0.4) is 0 Å². The molecule has 0 aliphatic carbocycles. The van der Waals surface area contributed by atoms with Crippen molar-refractivity contribution in [2.24, 2.45) is 0 Å². The van der Waals surface area contributed by atoms with E-state index in [1.54, 1.807) is 24.3 Å².